The molecule has 4 heteroatoms. The van der Waals surface area contributed by atoms with Crippen molar-refractivity contribution in [2.24, 2.45) is 5.41 Å². The Balaban J connectivity index is 2.66. The Labute approximate surface area is 120 Å². The number of methoxy groups -OCH3 is 1. The van der Waals surface area contributed by atoms with Crippen LogP contribution >= 0.6 is 11.6 Å². The Kier molecular flexibility index (Phi) is 6.76. The molecule has 19 heavy (non-hydrogen) atoms. The van der Waals surface area contributed by atoms with E-state index < -0.39 is 0 Å². The Morgan fingerprint density at radius 2 is 2.16 bits per heavy atom. The maximum absolute atomic E-state index is 13.9. The summed E-state index contributed by atoms with van der Waals surface area (Å²) in [6.07, 6.45) is 1.65. The van der Waals surface area contributed by atoms with Gasteiger partial charge in [0, 0.05) is 20.2 Å². The van der Waals surface area contributed by atoms with Crippen molar-refractivity contribution in [3.05, 3.63) is 34.6 Å². The minimum absolute atomic E-state index is 0.0132. The molecule has 1 aromatic carbocycles. The largest absolute Gasteiger partial charge is 0.383 e. The lowest BCUT2D eigenvalue weighted by molar-refractivity contribution is 0.191. The monoisotopic (exact) mass is 287 g/mol. The zero-order chi connectivity index (χ0) is 14.3. The van der Waals surface area contributed by atoms with E-state index in [1.54, 1.807) is 19.2 Å². The quantitative estimate of drug-likeness (QED) is 0.737. The summed E-state index contributed by atoms with van der Waals surface area (Å²) >= 11 is 5.82. The molecule has 0 aliphatic rings. The Morgan fingerprint density at radius 3 is 2.79 bits per heavy atom. The first-order valence-corrected chi connectivity index (χ1v) is 7.03. The van der Waals surface area contributed by atoms with Gasteiger partial charge in [0.05, 0.1) is 11.6 Å². The van der Waals surface area contributed by atoms with Crippen LogP contribution in [0.15, 0.2) is 18.2 Å². The summed E-state index contributed by atoms with van der Waals surface area (Å²) in [4.78, 5) is 0. The first-order chi connectivity index (χ1) is 9.02. The fraction of sp³-hybridized carbons (Fsp3) is 0.600. The Morgan fingerprint density at radius 1 is 1.42 bits per heavy atom. The zero-order valence-electron chi connectivity index (χ0n) is 11.9. The van der Waals surface area contributed by atoms with Crippen LogP contribution in [0.4, 0.5) is 4.39 Å². The van der Waals surface area contributed by atoms with Gasteiger partial charge in [-0.05, 0) is 29.9 Å². The van der Waals surface area contributed by atoms with Crippen LogP contribution in [0.5, 0.6) is 0 Å². The molecule has 0 heterocycles. The predicted octanol–water partition coefficient (Wildman–Crippen LogP) is 3.67. The van der Waals surface area contributed by atoms with Gasteiger partial charge in [-0.3, -0.25) is 0 Å². The molecule has 108 valence electrons. The SMILES string of the molecule is CCC(C)(CNCCOC)Cc1cccc(Cl)c1F. The number of ether oxygens (including phenoxy) is 1. The van der Waals surface area contributed by atoms with Crippen LogP contribution in [0.1, 0.15) is 25.8 Å². The van der Waals surface area contributed by atoms with E-state index >= 15 is 0 Å². The van der Waals surface area contributed by atoms with Crippen LogP contribution in [0, 0.1) is 11.2 Å². The molecule has 0 saturated carbocycles. The molecule has 0 amide bonds. The molecular weight excluding hydrogens is 265 g/mol. The van der Waals surface area contributed by atoms with Crippen LogP contribution in [0.25, 0.3) is 0 Å². The van der Waals surface area contributed by atoms with E-state index in [2.05, 4.69) is 19.2 Å². The smallest absolute Gasteiger partial charge is 0.144 e. The number of rotatable bonds is 8. The first-order valence-electron chi connectivity index (χ1n) is 6.65. The van der Waals surface area contributed by atoms with E-state index in [9.17, 15) is 4.39 Å². The number of nitrogens with one attached hydrogen (secondary N) is 1. The Bertz CT molecular complexity index is 400. The molecular formula is C15H23ClFNO. The van der Waals surface area contributed by atoms with Crippen molar-refractivity contribution in [3.63, 3.8) is 0 Å². The van der Waals surface area contributed by atoms with Gasteiger partial charge in [0.25, 0.3) is 0 Å². The van der Waals surface area contributed by atoms with Crippen molar-refractivity contribution >= 4 is 11.6 Å². The predicted molar refractivity (Wildman–Crippen MR) is 78.3 cm³/mol. The Hall–Kier alpha value is -0.640. The molecule has 0 bridgehead atoms. The third-order valence-electron chi connectivity index (χ3n) is 3.54. The second kappa shape index (κ2) is 7.83. The van der Waals surface area contributed by atoms with Crippen LogP contribution < -0.4 is 5.32 Å². The van der Waals surface area contributed by atoms with E-state index in [4.69, 9.17) is 16.3 Å². The van der Waals surface area contributed by atoms with Gasteiger partial charge in [0.2, 0.25) is 0 Å². The lowest BCUT2D eigenvalue weighted by Gasteiger charge is -2.29. The molecule has 0 aromatic heterocycles. The second-order valence-corrected chi connectivity index (χ2v) is 5.63. The van der Waals surface area contributed by atoms with Gasteiger partial charge in [0.1, 0.15) is 5.82 Å². The van der Waals surface area contributed by atoms with Crippen molar-refractivity contribution in [2.75, 3.05) is 26.8 Å². The molecule has 0 radical (unpaired) electrons. The maximum Gasteiger partial charge on any atom is 0.144 e. The highest BCUT2D eigenvalue weighted by Gasteiger charge is 2.24. The van der Waals surface area contributed by atoms with E-state index in [0.29, 0.717) is 18.6 Å². The highest BCUT2D eigenvalue weighted by Crippen LogP contribution is 2.29. The van der Waals surface area contributed by atoms with Crippen LogP contribution in [0.3, 0.4) is 0 Å². The van der Waals surface area contributed by atoms with Gasteiger partial charge in [-0.2, -0.15) is 0 Å². The van der Waals surface area contributed by atoms with E-state index in [0.717, 1.165) is 19.5 Å². The number of hydrogen-bond donors (Lipinski definition) is 1. The molecule has 0 aliphatic carbocycles. The summed E-state index contributed by atoms with van der Waals surface area (Å²) in [6, 6.07) is 5.19. The summed E-state index contributed by atoms with van der Waals surface area (Å²) in [5.41, 5.74) is 0.699. The van der Waals surface area contributed by atoms with Crippen LogP contribution in [-0.4, -0.2) is 26.8 Å². The van der Waals surface area contributed by atoms with Gasteiger partial charge < -0.3 is 10.1 Å². The molecule has 1 aromatic rings. The summed E-state index contributed by atoms with van der Waals surface area (Å²) < 4.78 is 18.9. The fourth-order valence-electron chi connectivity index (χ4n) is 2.02. The van der Waals surface area contributed by atoms with Gasteiger partial charge in [0.15, 0.2) is 0 Å². The van der Waals surface area contributed by atoms with E-state index in [1.165, 1.54) is 0 Å². The third-order valence-corrected chi connectivity index (χ3v) is 3.83. The second-order valence-electron chi connectivity index (χ2n) is 5.22. The highest BCUT2D eigenvalue weighted by molar-refractivity contribution is 6.30. The van der Waals surface area contributed by atoms with Gasteiger partial charge in [-0.25, -0.2) is 4.39 Å². The molecule has 0 aliphatic heterocycles. The minimum atomic E-state index is -0.291. The van der Waals surface area contributed by atoms with E-state index in [1.807, 2.05) is 6.07 Å². The number of benzene rings is 1. The molecule has 2 nitrogen and oxygen atoms in total. The van der Waals surface area contributed by atoms with E-state index in [-0.39, 0.29) is 16.3 Å². The molecule has 0 fully saturated rings. The van der Waals surface area contributed by atoms with Crippen LogP contribution in [0.2, 0.25) is 5.02 Å². The molecule has 1 rings (SSSR count). The van der Waals surface area contributed by atoms with Crippen molar-refractivity contribution in [3.8, 4) is 0 Å². The number of halogens is 2. The molecule has 0 saturated heterocycles. The van der Waals surface area contributed by atoms with Crippen molar-refractivity contribution in [1.82, 2.24) is 5.32 Å². The molecule has 1 unspecified atom stereocenters. The number of hydrogen-bond acceptors (Lipinski definition) is 2. The third kappa shape index (κ3) is 5.09. The fourth-order valence-corrected chi connectivity index (χ4v) is 2.22. The van der Waals surface area contributed by atoms with Crippen molar-refractivity contribution in [2.45, 2.75) is 26.7 Å². The summed E-state index contributed by atoms with van der Waals surface area (Å²) in [5.74, 6) is -0.291. The standard InChI is InChI=1S/C15H23ClFNO/c1-4-15(2,11-18-8-9-19-3)10-12-6-5-7-13(16)14(12)17/h5-7,18H,4,8-11H2,1-3H3. The van der Waals surface area contributed by atoms with Gasteiger partial charge in [-0.15, -0.1) is 0 Å². The summed E-state index contributed by atoms with van der Waals surface area (Å²) in [5, 5.41) is 3.55. The van der Waals surface area contributed by atoms with Gasteiger partial charge >= 0.3 is 0 Å². The van der Waals surface area contributed by atoms with Crippen molar-refractivity contribution in [1.29, 1.82) is 0 Å². The lowest BCUT2D eigenvalue weighted by Crippen LogP contribution is -2.35. The minimum Gasteiger partial charge on any atom is -0.383 e. The van der Waals surface area contributed by atoms with Crippen LogP contribution in [-0.2, 0) is 11.2 Å². The summed E-state index contributed by atoms with van der Waals surface area (Å²) in [6.45, 7) is 6.61. The average Bonchev–Trinajstić information content (AvgIpc) is 2.40. The molecule has 1 N–H and O–H groups in total. The highest BCUT2D eigenvalue weighted by atomic mass is 35.5. The lowest BCUT2D eigenvalue weighted by atomic mass is 9.81. The maximum atomic E-state index is 13.9. The molecule has 0 spiro atoms. The summed E-state index contributed by atoms with van der Waals surface area (Å²) in [7, 11) is 1.68. The normalized spacial score (nSPS) is 14.4. The molecule has 1 atom stereocenters. The zero-order valence-corrected chi connectivity index (χ0v) is 12.7. The topological polar surface area (TPSA) is 21.3 Å². The first kappa shape index (κ1) is 16.4. The van der Waals surface area contributed by atoms with Crippen molar-refractivity contribution < 1.29 is 9.13 Å². The van der Waals surface area contributed by atoms with Gasteiger partial charge in [-0.1, -0.05) is 37.6 Å². The average molecular weight is 288 g/mol.